The molecule has 3 aromatic rings. The van der Waals surface area contributed by atoms with Gasteiger partial charge in [0.25, 0.3) is 0 Å². The van der Waals surface area contributed by atoms with Gasteiger partial charge in [0.15, 0.2) is 6.79 Å². The average molecular weight is 431 g/mol. The second-order valence-corrected chi connectivity index (χ2v) is 7.33. The van der Waals surface area contributed by atoms with Crippen LogP contribution in [0.1, 0.15) is 4.88 Å². The zero-order valence-corrected chi connectivity index (χ0v) is 17.4. The Morgan fingerprint density at radius 2 is 1.90 bits per heavy atom. The van der Waals surface area contributed by atoms with E-state index in [0.717, 1.165) is 33.2 Å². The largest absolute Gasteiger partial charge is 0.496 e. The van der Waals surface area contributed by atoms with E-state index in [1.54, 1.807) is 32.4 Å². The first-order valence-electron chi connectivity index (χ1n) is 8.62. The number of halogens is 1. The number of benzene rings is 2. The van der Waals surface area contributed by atoms with Crippen molar-refractivity contribution >= 4 is 35.0 Å². The molecular formula is C22H19ClO5S. The maximum absolute atomic E-state index is 11.0. The van der Waals surface area contributed by atoms with Crippen LogP contribution < -0.4 is 9.47 Å². The van der Waals surface area contributed by atoms with Crippen LogP contribution in [0.5, 0.6) is 11.5 Å². The monoisotopic (exact) mass is 430 g/mol. The summed E-state index contributed by atoms with van der Waals surface area (Å²) in [6.45, 7) is 0.176. The lowest BCUT2D eigenvalue weighted by atomic mass is 9.96. The third kappa shape index (κ3) is 4.98. The van der Waals surface area contributed by atoms with Crippen LogP contribution >= 0.6 is 22.9 Å². The summed E-state index contributed by atoms with van der Waals surface area (Å²) in [6.07, 6.45) is 2.72. The van der Waals surface area contributed by atoms with E-state index >= 15 is 0 Å². The van der Waals surface area contributed by atoms with Gasteiger partial charge in [-0.05, 0) is 47.4 Å². The highest BCUT2D eigenvalue weighted by atomic mass is 35.5. The van der Waals surface area contributed by atoms with Crippen LogP contribution in [0.2, 0.25) is 5.02 Å². The van der Waals surface area contributed by atoms with Crippen molar-refractivity contribution in [3.63, 3.8) is 0 Å². The molecule has 0 saturated heterocycles. The second-order valence-electron chi connectivity index (χ2n) is 5.98. The first-order valence-corrected chi connectivity index (χ1v) is 9.88. The molecule has 1 heterocycles. The molecule has 0 saturated carbocycles. The molecule has 3 rings (SSSR count). The van der Waals surface area contributed by atoms with Crippen LogP contribution in [0.25, 0.3) is 28.3 Å². The normalized spacial score (nSPS) is 11.0. The zero-order valence-electron chi connectivity index (χ0n) is 15.8. The van der Waals surface area contributed by atoms with E-state index in [1.165, 1.54) is 11.3 Å². The predicted molar refractivity (Wildman–Crippen MR) is 116 cm³/mol. The Morgan fingerprint density at radius 3 is 2.55 bits per heavy atom. The fourth-order valence-electron chi connectivity index (χ4n) is 2.86. The third-order valence-electron chi connectivity index (χ3n) is 4.14. The van der Waals surface area contributed by atoms with Gasteiger partial charge in [-0.15, -0.1) is 11.3 Å². The Labute approximate surface area is 177 Å². The molecule has 0 radical (unpaired) electrons. The first kappa shape index (κ1) is 20.9. The Hall–Kier alpha value is -2.80. The minimum atomic E-state index is -1.01. The number of ether oxygens (including phenoxy) is 3. The predicted octanol–water partition coefficient (Wildman–Crippen LogP) is 5.82. The van der Waals surface area contributed by atoms with Gasteiger partial charge >= 0.3 is 5.97 Å². The number of thiophene rings is 1. The third-order valence-corrected chi connectivity index (χ3v) is 5.32. The van der Waals surface area contributed by atoms with Gasteiger partial charge < -0.3 is 19.3 Å². The van der Waals surface area contributed by atoms with Crippen molar-refractivity contribution in [2.24, 2.45) is 0 Å². The Morgan fingerprint density at radius 1 is 1.14 bits per heavy atom. The number of carbonyl (C=O) groups is 1. The van der Waals surface area contributed by atoms with Gasteiger partial charge in [0.05, 0.1) is 7.11 Å². The topological polar surface area (TPSA) is 65.0 Å². The standard InChI is InChI=1S/C22H19ClO5S/c1-26-13-28-16-6-3-14(4-7-16)18-12-29-20(9-10-21(24)25)22(18)17-8-5-15(23)11-19(17)27-2/h3-12H,13H2,1-2H3,(H,24,25). The zero-order chi connectivity index (χ0) is 20.8. The quantitative estimate of drug-likeness (QED) is 0.360. The average Bonchev–Trinajstić information content (AvgIpc) is 3.14. The molecule has 0 spiro atoms. The smallest absolute Gasteiger partial charge is 0.328 e. The Bertz CT molecular complexity index is 1020. The van der Waals surface area contributed by atoms with E-state index in [9.17, 15) is 4.79 Å². The second kappa shape index (κ2) is 9.60. The van der Waals surface area contributed by atoms with Crippen LogP contribution in [0.15, 0.2) is 53.9 Å². The molecule has 0 unspecified atom stereocenters. The van der Waals surface area contributed by atoms with Crippen molar-refractivity contribution in [2.75, 3.05) is 21.0 Å². The molecule has 0 aliphatic rings. The molecule has 2 aromatic carbocycles. The van der Waals surface area contributed by atoms with Gasteiger partial charge in [0, 0.05) is 39.8 Å². The fourth-order valence-corrected chi connectivity index (χ4v) is 4.01. The summed E-state index contributed by atoms with van der Waals surface area (Å²) in [4.78, 5) is 11.8. The highest BCUT2D eigenvalue weighted by Gasteiger charge is 2.18. The lowest BCUT2D eigenvalue weighted by Crippen LogP contribution is -1.98. The summed E-state index contributed by atoms with van der Waals surface area (Å²) in [5.74, 6) is 0.304. The molecular weight excluding hydrogens is 412 g/mol. The van der Waals surface area contributed by atoms with Crippen molar-refractivity contribution in [1.29, 1.82) is 0 Å². The van der Waals surface area contributed by atoms with E-state index in [-0.39, 0.29) is 6.79 Å². The van der Waals surface area contributed by atoms with Gasteiger partial charge in [-0.3, -0.25) is 0 Å². The molecule has 0 amide bonds. The highest BCUT2D eigenvalue weighted by molar-refractivity contribution is 7.12. The summed E-state index contributed by atoms with van der Waals surface area (Å²) in [5.41, 5.74) is 3.64. The van der Waals surface area contributed by atoms with Crippen molar-refractivity contribution in [3.8, 4) is 33.8 Å². The maximum Gasteiger partial charge on any atom is 0.328 e. The van der Waals surface area contributed by atoms with Crippen molar-refractivity contribution in [1.82, 2.24) is 0 Å². The number of hydrogen-bond donors (Lipinski definition) is 1. The maximum atomic E-state index is 11.0. The number of carboxylic acid groups (broad SMARTS) is 1. The first-order chi connectivity index (χ1) is 14.0. The van der Waals surface area contributed by atoms with Gasteiger partial charge in [-0.2, -0.15) is 0 Å². The Balaban J connectivity index is 2.12. The molecule has 0 aliphatic carbocycles. The van der Waals surface area contributed by atoms with Crippen LogP contribution in [-0.2, 0) is 9.53 Å². The van der Waals surface area contributed by atoms with E-state index in [0.29, 0.717) is 16.5 Å². The van der Waals surface area contributed by atoms with E-state index in [1.807, 2.05) is 35.7 Å². The van der Waals surface area contributed by atoms with Crippen molar-refractivity contribution in [2.45, 2.75) is 0 Å². The van der Waals surface area contributed by atoms with Gasteiger partial charge in [-0.25, -0.2) is 4.79 Å². The molecule has 7 heteroatoms. The fraction of sp³-hybridized carbons (Fsp3) is 0.136. The summed E-state index contributed by atoms with van der Waals surface area (Å²) in [6, 6.07) is 13.0. The van der Waals surface area contributed by atoms with Crippen molar-refractivity contribution in [3.05, 3.63) is 63.8 Å². The van der Waals surface area contributed by atoms with E-state index < -0.39 is 5.97 Å². The summed E-state index contributed by atoms with van der Waals surface area (Å²) < 4.78 is 15.9. The summed E-state index contributed by atoms with van der Waals surface area (Å²) >= 11 is 7.58. The molecule has 1 N–H and O–H groups in total. The number of rotatable bonds is 8. The lowest BCUT2D eigenvalue weighted by molar-refractivity contribution is -0.131. The molecule has 150 valence electrons. The summed E-state index contributed by atoms with van der Waals surface area (Å²) in [5, 5.41) is 11.6. The molecule has 29 heavy (non-hydrogen) atoms. The molecule has 0 fully saturated rings. The highest BCUT2D eigenvalue weighted by Crippen LogP contribution is 2.44. The number of hydrogen-bond acceptors (Lipinski definition) is 5. The van der Waals surface area contributed by atoms with E-state index in [2.05, 4.69) is 0 Å². The minimum absolute atomic E-state index is 0.176. The summed E-state index contributed by atoms with van der Waals surface area (Å²) in [7, 11) is 3.15. The van der Waals surface area contributed by atoms with Crippen molar-refractivity contribution < 1.29 is 24.1 Å². The molecule has 0 atom stereocenters. The molecule has 1 aromatic heterocycles. The van der Waals surface area contributed by atoms with Crippen LogP contribution in [-0.4, -0.2) is 32.1 Å². The molecule has 5 nitrogen and oxygen atoms in total. The molecule has 0 bridgehead atoms. The Kier molecular flexibility index (Phi) is 6.93. The van der Waals surface area contributed by atoms with Crippen LogP contribution in [0, 0.1) is 0 Å². The van der Waals surface area contributed by atoms with Gasteiger partial charge in [0.1, 0.15) is 11.5 Å². The number of aliphatic carboxylic acids is 1. The number of methoxy groups -OCH3 is 2. The lowest BCUT2D eigenvalue weighted by Gasteiger charge is -2.12. The number of carboxylic acids is 1. The van der Waals surface area contributed by atoms with Gasteiger partial charge in [-0.1, -0.05) is 23.7 Å². The van der Waals surface area contributed by atoms with E-state index in [4.69, 9.17) is 30.9 Å². The van der Waals surface area contributed by atoms with Crippen LogP contribution in [0.3, 0.4) is 0 Å². The minimum Gasteiger partial charge on any atom is -0.496 e. The van der Waals surface area contributed by atoms with Gasteiger partial charge in [0.2, 0.25) is 0 Å². The SMILES string of the molecule is COCOc1ccc(-c2csc(C=CC(=O)O)c2-c2ccc(Cl)cc2OC)cc1. The molecule has 0 aliphatic heterocycles. The van der Waals surface area contributed by atoms with Crippen LogP contribution in [0.4, 0.5) is 0 Å².